The van der Waals surface area contributed by atoms with Crippen LogP contribution in [0.15, 0.2) is 53.0 Å². The van der Waals surface area contributed by atoms with Gasteiger partial charge in [-0.25, -0.2) is 8.42 Å². The average molecular weight is 428 g/mol. The maximum Gasteiger partial charge on any atom is 0.264 e. The first kappa shape index (κ1) is 21.6. The smallest absolute Gasteiger partial charge is 0.264 e. The number of nitrogens with one attached hydrogen (secondary N) is 2. The number of aliphatic imine (C=N–C) groups is 1. The number of hydrogen-bond donors (Lipinski definition) is 2. The predicted molar refractivity (Wildman–Crippen MR) is 118 cm³/mol. The first-order valence-electron chi connectivity index (χ1n) is 9.47. The summed E-state index contributed by atoms with van der Waals surface area (Å²) in [6.45, 7) is 5.74. The van der Waals surface area contributed by atoms with E-state index in [1.165, 1.54) is 0 Å². The Morgan fingerprint density at radius 3 is 2.57 bits per heavy atom. The summed E-state index contributed by atoms with van der Waals surface area (Å²) in [5.74, 6) is 0.596. The normalized spacial score (nSPS) is 16.5. The van der Waals surface area contributed by atoms with Gasteiger partial charge in [0.2, 0.25) is 5.91 Å². The number of amidine groups is 1. The quantitative estimate of drug-likeness (QED) is 0.741. The van der Waals surface area contributed by atoms with Gasteiger partial charge in [0.1, 0.15) is 23.0 Å². The molecule has 3 rings (SSSR count). The van der Waals surface area contributed by atoms with E-state index in [-0.39, 0.29) is 23.2 Å². The predicted octanol–water partition coefficient (Wildman–Crippen LogP) is 2.69. The Morgan fingerprint density at radius 2 is 1.87 bits per heavy atom. The molecule has 1 aliphatic rings. The molecule has 0 fully saturated rings. The Bertz CT molecular complexity index is 1150. The van der Waals surface area contributed by atoms with E-state index in [1.54, 1.807) is 20.1 Å². The molecule has 1 heterocycles. The molecule has 0 atom stereocenters. The van der Waals surface area contributed by atoms with Crippen LogP contribution in [0.4, 0.5) is 0 Å². The lowest BCUT2D eigenvalue weighted by Gasteiger charge is -2.06. The maximum absolute atomic E-state index is 12.6. The van der Waals surface area contributed by atoms with Crippen molar-refractivity contribution >= 4 is 26.7 Å². The van der Waals surface area contributed by atoms with Crippen LogP contribution in [0.1, 0.15) is 29.2 Å². The minimum absolute atomic E-state index is 0.181. The van der Waals surface area contributed by atoms with Crippen molar-refractivity contribution in [3.63, 3.8) is 0 Å². The van der Waals surface area contributed by atoms with Gasteiger partial charge in [-0.15, -0.1) is 0 Å². The lowest BCUT2D eigenvalue weighted by molar-refractivity contribution is -0.119. The third-order valence-electron chi connectivity index (χ3n) is 4.97. The number of methoxy groups -OCH3 is 1. The van der Waals surface area contributed by atoms with Gasteiger partial charge in [-0.1, -0.05) is 30.3 Å². The van der Waals surface area contributed by atoms with Crippen LogP contribution in [0, 0.1) is 13.8 Å². The largest absolute Gasteiger partial charge is 0.497 e. The van der Waals surface area contributed by atoms with E-state index in [9.17, 15) is 13.2 Å². The zero-order valence-electron chi connectivity index (χ0n) is 17.4. The van der Waals surface area contributed by atoms with Crippen molar-refractivity contribution in [2.24, 2.45) is 4.99 Å². The molecule has 0 aliphatic carbocycles. The molecule has 2 aromatic rings. The zero-order chi connectivity index (χ0) is 21.9. The molecule has 158 valence electrons. The van der Waals surface area contributed by atoms with Gasteiger partial charge >= 0.3 is 0 Å². The van der Waals surface area contributed by atoms with Crippen molar-refractivity contribution in [1.29, 1.82) is 0 Å². The molecular formula is C22H25N3O4S. The van der Waals surface area contributed by atoms with Gasteiger partial charge in [0.25, 0.3) is 10.0 Å². The molecule has 8 heteroatoms. The Hall–Kier alpha value is -3.13. The molecule has 1 aliphatic heterocycles. The van der Waals surface area contributed by atoms with Gasteiger partial charge < -0.3 is 10.1 Å². The van der Waals surface area contributed by atoms with E-state index < -0.39 is 10.0 Å². The molecule has 0 spiro atoms. The number of carbonyl (C=O) groups is 1. The van der Waals surface area contributed by atoms with Crippen LogP contribution in [-0.2, 0) is 21.4 Å². The third kappa shape index (κ3) is 4.71. The number of carbonyl (C=O) groups excluding carboxylic acids is 1. The number of hydrogen-bond acceptors (Lipinski definition) is 5. The average Bonchev–Trinajstić information content (AvgIpc) is 2.95. The molecule has 1 amide bonds. The highest BCUT2D eigenvalue weighted by Gasteiger charge is 2.32. The lowest BCUT2D eigenvalue weighted by Crippen LogP contribution is -2.28. The van der Waals surface area contributed by atoms with E-state index in [0.29, 0.717) is 23.4 Å². The summed E-state index contributed by atoms with van der Waals surface area (Å²) in [5, 5.41) is 2.77. The summed E-state index contributed by atoms with van der Waals surface area (Å²) in [4.78, 5) is 16.6. The summed E-state index contributed by atoms with van der Waals surface area (Å²) < 4.78 is 32.9. The summed E-state index contributed by atoms with van der Waals surface area (Å²) in [6, 6.07) is 12.9. The first-order chi connectivity index (χ1) is 14.2. The van der Waals surface area contributed by atoms with Crippen molar-refractivity contribution in [2.45, 2.75) is 27.3 Å². The van der Waals surface area contributed by atoms with Crippen molar-refractivity contribution in [3.8, 4) is 5.75 Å². The molecule has 2 N–H and O–H groups in total. The Labute approximate surface area is 176 Å². The fourth-order valence-corrected chi connectivity index (χ4v) is 4.67. The Balaban J connectivity index is 1.73. The second-order valence-corrected chi connectivity index (χ2v) is 8.77. The molecule has 0 bridgehead atoms. The number of benzene rings is 2. The second-order valence-electron chi connectivity index (χ2n) is 7.15. The van der Waals surface area contributed by atoms with Gasteiger partial charge in [-0.05, 0) is 55.2 Å². The molecule has 0 radical (unpaired) electrons. The Kier molecular flexibility index (Phi) is 6.26. The van der Waals surface area contributed by atoms with Crippen molar-refractivity contribution in [2.75, 3.05) is 13.7 Å². The summed E-state index contributed by atoms with van der Waals surface area (Å²) in [6.07, 6.45) is 0. The fraction of sp³-hybridized carbons (Fsp3) is 0.273. The van der Waals surface area contributed by atoms with E-state index >= 15 is 0 Å². The lowest BCUT2D eigenvalue weighted by atomic mass is 10.0. The van der Waals surface area contributed by atoms with Gasteiger partial charge in [0.05, 0.1) is 7.11 Å². The molecule has 0 unspecified atom stereocenters. The van der Waals surface area contributed by atoms with Crippen LogP contribution >= 0.6 is 0 Å². The maximum atomic E-state index is 12.6. The molecule has 0 saturated carbocycles. The van der Waals surface area contributed by atoms with Crippen LogP contribution in [0.2, 0.25) is 0 Å². The highest BCUT2D eigenvalue weighted by Crippen LogP contribution is 2.30. The van der Waals surface area contributed by atoms with Crippen molar-refractivity contribution in [3.05, 3.63) is 70.3 Å². The molecule has 0 saturated heterocycles. The summed E-state index contributed by atoms with van der Waals surface area (Å²) in [5.41, 5.74) is 4.09. The fourth-order valence-electron chi connectivity index (χ4n) is 3.16. The molecule has 2 aromatic carbocycles. The van der Waals surface area contributed by atoms with Gasteiger partial charge in [0.15, 0.2) is 0 Å². The van der Waals surface area contributed by atoms with E-state index in [2.05, 4.69) is 15.0 Å². The summed E-state index contributed by atoms with van der Waals surface area (Å²) in [7, 11) is -2.14. The zero-order valence-corrected chi connectivity index (χ0v) is 18.3. The highest BCUT2D eigenvalue weighted by atomic mass is 32.2. The van der Waals surface area contributed by atoms with Crippen LogP contribution < -0.4 is 14.8 Å². The third-order valence-corrected chi connectivity index (χ3v) is 6.51. The van der Waals surface area contributed by atoms with E-state index in [0.717, 1.165) is 16.7 Å². The monoisotopic (exact) mass is 427 g/mol. The van der Waals surface area contributed by atoms with Crippen LogP contribution in [0.3, 0.4) is 0 Å². The van der Waals surface area contributed by atoms with Crippen molar-refractivity contribution in [1.82, 2.24) is 10.0 Å². The van der Waals surface area contributed by atoms with Crippen LogP contribution in [0.25, 0.3) is 4.91 Å². The highest BCUT2D eigenvalue weighted by molar-refractivity contribution is 8.00. The number of rotatable bonds is 6. The number of nitrogens with zero attached hydrogens (tertiary/aromatic N) is 1. The van der Waals surface area contributed by atoms with E-state index in [1.807, 2.05) is 50.2 Å². The van der Waals surface area contributed by atoms with Crippen molar-refractivity contribution < 1.29 is 17.9 Å². The Morgan fingerprint density at radius 1 is 1.10 bits per heavy atom. The SMILES string of the molecule is COc1cccc(CNC(=O)CN=C2NS(=O)(=O)C(c3ccc(C)c(C)c3)=C2C)c1. The number of sulfonamides is 1. The van der Waals surface area contributed by atoms with Gasteiger partial charge in [0, 0.05) is 12.1 Å². The minimum Gasteiger partial charge on any atom is -0.497 e. The first-order valence-corrected chi connectivity index (χ1v) is 11.0. The number of ether oxygens (including phenoxy) is 1. The molecule has 0 aromatic heterocycles. The number of aryl methyl sites for hydroxylation is 2. The van der Waals surface area contributed by atoms with Crippen LogP contribution in [-0.4, -0.2) is 33.8 Å². The number of amides is 1. The van der Waals surface area contributed by atoms with Crippen LogP contribution in [0.5, 0.6) is 5.75 Å². The van der Waals surface area contributed by atoms with Gasteiger partial charge in [-0.3, -0.25) is 14.5 Å². The topological polar surface area (TPSA) is 96.9 Å². The van der Waals surface area contributed by atoms with Gasteiger partial charge in [-0.2, -0.15) is 0 Å². The van der Waals surface area contributed by atoms with E-state index in [4.69, 9.17) is 4.74 Å². The minimum atomic E-state index is -3.73. The molecule has 30 heavy (non-hydrogen) atoms. The molecular weight excluding hydrogens is 402 g/mol. The second kappa shape index (κ2) is 8.71. The molecule has 7 nitrogen and oxygen atoms in total. The standard InChI is InChI=1S/C22H25N3O4S/c1-14-8-9-18(10-15(14)2)21-16(3)22(25-30(21,27)28)24-13-20(26)23-12-17-6-5-7-19(11-17)29-4/h5-11H,12-13H2,1-4H3,(H,23,26)(H,24,25). The summed E-state index contributed by atoms with van der Waals surface area (Å²) >= 11 is 0.